The molecule has 142 valence electrons. The summed E-state index contributed by atoms with van der Waals surface area (Å²) in [4.78, 5) is 29.0. The summed E-state index contributed by atoms with van der Waals surface area (Å²) in [6.45, 7) is 2.14. The molecule has 27 heavy (non-hydrogen) atoms. The van der Waals surface area contributed by atoms with Crippen LogP contribution in [0.2, 0.25) is 0 Å². The predicted molar refractivity (Wildman–Crippen MR) is 96.5 cm³/mol. The van der Waals surface area contributed by atoms with Crippen LogP contribution in [0.5, 0.6) is 0 Å². The average molecular weight is 371 g/mol. The zero-order chi connectivity index (χ0) is 18.8. The Morgan fingerprint density at radius 1 is 1.07 bits per heavy atom. The molecule has 2 aromatic rings. The van der Waals surface area contributed by atoms with Crippen molar-refractivity contribution in [1.82, 2.24) is 15.1 Å². The lowest BCUT2D eigenvalue weighted by atomic mass is 10.0. The smallest absolute Gasteiger partial charge is 0.289 e. The first-order valence-corrected chi connectivity index (χ1v) is 9.24. The first-order valence-electron chi connectivity index (χ1n) is 9.24. The van der Waals surface area contributed by atoms with Gasteiger partial charge in [-0.2, -0.15) is 0 Å². The minimum atomic E-state index is -0.480. The number of amides is 2. The molecule has 2 heterocycles. The number of hydrogen-bond acceptors (Lipinski definition) is 4. The summed E-state index contributed by atoms with van der Waals surface area (Å²) in [5.74, 6) is -0.200. The van der Waals surface area contributed by atoms with Gasteiger partial charge < -0.3 is 14.6 Å². The van der Waals surface area contributed by atoms with E-state index in [9.17, 15) is 14.0 Å². The maximum absolute atomic E-state index is 13.3. The second-order valence-corrected chi connectivity index (χ2v) is 7.04. The molecule has 0 radical (unpaired) electrons. The largest absolute Gasteiger partial charge is 0.459 e. The third kappa shape index (κ3) is 4.03. The molecule has 1 N–H and O–H groups in total. The maximum Gasteiger partial charge on any atom is 0.289 e. The minimum Gasteiger partial charge on any atom is -0.459 e. The number of nitrogens with zero attached hydrogens (tertiary/aromatic N) is 2. The van der Waals surface area contributed by atoms with Gasteiger partial charge in [-0.15, -0.1) is 0 Å². The Kier molecular flexibility index (Phi) is 4.94. The average Bonchev–Trinajstić information content (AvgIpc) is 3.32. The summed E-state index contributed by atoms with van der Waals surface area (Å²) in [6, 6.07) is 9.19. The molecule has 2 amide bonds. The van der Waals surface area contributed by atoms with Crippen molar-refractivity contribution >= 4 is 11.8 Å². The van der Waals surface area contributed by atoms with Gasteiger partial charge in [0.15, 0.2) is 5.76 Å². The Hall–Kier alpha value is -2.67. The molecule has 2 aliphatic rings. The number of halogens is 1. The summed E-state index contributed by atoms with van der Waals surface area (Å²) in [5.41, 5.74) is 0.764. The van der Waals surface area contributed by atoms with Crippen molar-refractivity contribution in [2.24, 2.45) is 0 Å². The highest BCUT2D eigenvalue weighted by atomic mass is 19.1. The van der Waals surface area contributed by atoms with E-state index in [1.165, 1.54) is 18.4 Å². The van der Waals surface area contributed by atoms with Crippen LogP contribution >= 0.6 is 0 Å². The van der Waals surface area contributed by atoms with E-state index in [-0.39, 0.29) is 23.7 Å². The van der Waals surface area contributed by atoms with Gasteiger partial charge in [0.1, 0.15) is 11.9 Å². The molecular formula is C20H22FN3O3. The molecule has 1 aliphatic heterocycles. The van der Waals surface area contributed by atoms with E-state index in [2.05, 4.69) is 10.2 Å². The number of hydrogen-bond donors (Lipinski definition) is 1. The van der Waals surface area contributed by atoms with Gasteiger partial charge >= 0.3 is 0 Å². The number of nitrogens with one attached hydrogen (secondary N) is 1. The van der Waals surface area contributed by atoms with Gasteiger partial charge in [0.25, 0.3) is 5.91 Å². The van der Waals surface area contributed by atoms with E-state index >= 15 is 0 Å². The van der Waals surface area contributed by atoms with Gasteiger partial charge in [0.2, 0.25) is 5.91 Å². The van der Waals surface area contributed by atoms with E-state index in [4.69, 9.17) is 4.42 Å². The van der Waals surface area contributed by atoms with Crippen LogP contribution in [-0.4, -0.2) is 53.8 Å². The van der Waals surface area contributed by atoms with Crippen LogP contribution in [0.1, 0.15) is 35.0 Å². The molecule has 1 atom stereocenters. The highest BCUT2D eigenvalue weighted by Gasteiger charge is 2.34. The molecule has 7 heteroatoms. The van der Waals surface area contributed by atoms with Crippen LogP contribution in [0.3, 0.4) is 0 Å². The van der Waals surface area contributed by atoms with Gasteiger partial charge in [0.05, 0.1) is 6.26 Å². The van der Waals surface area contributed by atoms with Crippen molar-refractivity contribution in [2.45, 2.75) is 24.9 Å². The normalized spacial score (nSPS) is 18.9. The van der Waals surface area contributed by atoms with Crippen molar-refractivity contribution in [3.63, 3.8) is 0 Å². The number of carbonyl (C=O) groups is 2. The van der Waals surface area contributed by atoms with Crippen molar-refractivity contribution in [3.05, 3.63) is 59.8 Å². The molecule has 0 spiro atoms. The number of piperazine rings is 1. The van der Waals surface area contributed by atoms with Gasteiger partial charge in [-0.05, 0) is 42.7 Å². The molecule has 2 fully saturated rings. The first-order chi connectivity index (χ1) is 13.1. The fourth-order valence-corrected chi connectivity index (χ4v) is 3.42. The monoisotopic (exact) mass is 371 g/mol. The molecule has 6 nitrogen and oxygen atoms in total. The Labute approximate surface area is 156 Å². The molecule has 1 aromatic heterocycles. The van der Waals surface area contributed by atoms with E-state index in [0.717, 1.165) is 18.4 Å². The molecule has 4 rings (SSSR count). The third-order valence-corrected chi connectivity index (χ3v) is 5.06. The summed E-state index contributed by atoms with van der Waals surface area (Å²) in [6.07, 6.45) is 3.50. The lowest BCUT2D eigenvalue weighted by Gasteiger charge is -2.38. The number of furan rings is 1. The minimum absolute atomic E-state index is 0.0603. The lowest BCUT2D eigenvalue weighted by Crippen LogP contribution is -2.52. The highest BCUT2D eigenvalue weighted by Crippen LogP contribution is 2.26. The predicted octanol–water partition coefficient (Wildman–Crippen LogP) is 2.20. The molecule has 0 bridgehead atoms. The third-order valence-electron chi connectivity index (χ3n) is 5.06. The number of carbonyl (C=O) groups excluding carboxylic acids is 2. The molecule has 1 aliphatic carbocycles. The van der Waals surface area contributed by atoms with Crippen molar-refractivity contribution in [3.8, 4) is 0 Å². The van der Waals surface area contributed by atoms with Crippen molar-refractivity contribution < 1.29 is 18.4 Å². The Morgan fingerprint density at radius 2 is 1.78 bits per heavy atom. The summed E-state index contributed by atoms with van der Waals surface area (Å²) in [5, 5.41) is 3.05. The zero-order valence-electron chi connectivity index (χ0n) is 14.9. The Morgan fingerprint density at radius 3 is 2.37 bits per heavy atom. The van der Waals surface area contributed by atoms with Crippen LogP contribution in [0.15, 0.2) is 47.1 Å². The fourth-order valence-electron chi connectivity index (χ4n) is 3.42. The molecule has 1 saturated carbocycles. The van der Waals surface area contributed by atoms with Gasteiger partial charge in [-0.3, -0.25) is 14.5 Å². The summed E-state index contributed by atoms with van der Waals surface area (Å²) in [7, 11) is 0. The van der Waals surface area contributed by atoms with Gasteiger partial charge in [-0.1, -0.05) is 12.1 Å². The summed E-state index contributed by atoms with van der Waals surface area (Å²) >= 11 is 0. The number of rotatable bonds is 5. The van der Waals surface area contributed by atoms with Crippen molar-refractivity contribution in [2.75, 3.05) is 26.2 Å². The van der Waals surface area contributed by atoms with Gasteiger partial charge in [-0.25, -0.2) is 4.39 Å². The SMILES string of the molecule is O=C(NC1CC1)[C@H](c1ccc(F)cc1)N1CCN(C(=O)c2ccco2)CC1. The summed E-state index contributed by atoms with van der Waals surface area (Å²) < 4.78 is 18.5. The number of benzene rings is 1. The Balaban J connectivity index is 1.46. The second kappa shape index (κ2) is 7.52. The zero-order valence-corrected chi connectivity index (χ0v) is 14.9. The maximum atomic E-state index is 13.3. The fraction of sp³-hybridized carbons (Fsp3) is 0.400. The topological polar surface area (TPSA) is 65.8 Å². The molecule has 0 unspecified atom stereocenters. The van der Waals surface area contributed by atoms with Crippen LogP contribution in [0, 0.1) is 5.82 Å². The van der Waals surface area contributed by atoms with Crippen molar-refractivity contribution in [1.29, 1.82) is 0 Å². The van der Waals surface area contributed by atoms with Crippen LogP contribution in [0.25, 0.3) is 0 Å². The molecular weight excluding hydrogens is 349 g/mol. The van der Waals surface area contributed by atoms with E-state index in [0.29, 0.717) is 31.9 Å². The highest BCUT2D eigenvalue weighted by molar-refractivity contribution is 5.91. The van der Waals surface area contributed by atoms with Crippen LogP contribution < -0.4 is 5.32 Å². The van der Waals surface area contributed by atoms with Gasteiger partial charge in [0, 0.05) is 32.2 Å². The quantitative estimate of drug-likeness (QED) is 0.875. The van der Waals surface area contributed by atoms with E-state index in [1.807, 2.05) is 0 Å². The van der Waals surface area contributed by atoms with E-state index in [1.54, 1.807) is 29.2 Å². The lowest BCUT2D eigenvalue weighted by molar-refractivity contribution is -0.127. The first kappa shape index (κ1) is 17.7. The molecule has 1 aromatic carbocycles. The Bertz CT molecular complexity index is 794. The van der Waals surface area contributed by atoms with Crippen LogP contribution in [-0.2, 0) is 4.79 Å². The van der Waals surface area contributed by atoms with Crippen LogP contribution in [0.4, 0.5) is 4.39 Å². The molecule has 1 saturated heterocycles. The standard InChI is InChI=1S/C20H22FN3O3/c21-15-5-3-14(4-6-15)18(19(25)22-16-7-8-16)23-9-11-24(12-10-23)20(26)17-2-1-13-27-17/h1-6,13,16,18H,7-12H2,(H,22,25)/t18-/m0/s1. The second-order valence-electron chi connectivity index (χ2n) is 7.04. The van der Waals surface area contributed by atoms with E-state index < -0.39 is 6.04 Å².